The molecule has 0 unspecified atom stereocenters. The minimum absolute atomic E-state index is 0.00459. The van der Waals surface area contributed by atoms with Gasteiger partial charge in [0.1, 0.15) is 12.3 Å². The molecule has 2 amide bonds. The van der Waals surface area contributed by atoms with E-state index >= 15 is 0 Å². The van der Waals surface area contributed by atoms with E-state index in [4.69, 9.17) is 4.74 Å². The summed E-state index contributed by atoms with van der Waals surface area (Å²) in [6.07, 6.45) is -4.66. The highest BCUT2D eigenvalue weighted by Crippen LogP contribution is 2.31. The van der Waals surface area contributed by atoms with Gasteiger partial charge in [-0.05, 0) is 44.2 Å². The highest BCUT2D eigenvalue weighted by molar-refractivity contribution is 6.02. The van der Waals surface area contributed by atoms with Gasteiger partial charge in [0.25, 0.3) is 0 Å². The zero-order valence-corrected chi connectivity index (χ0v) is 15.7. The van der Waals surface area contributed by atoms with E-state index in [-0.39, 0.29) is 18.3 Å². The number of nitrogens with one attached hydrogen (secondary N) is 1. The molecule has 0 saturated heterocycles. The molecule has 0 heterocycles. The quantitative estimate of drug-likeness (QED) is 0.786. The van der Waals surface area contributed by atoms with Crippen LogP contribution >= 0.6 is 0 Å². The number of benzene rings is 2. The lowest BCUT2D eigenvalue weighted by atomic mass is 10.2. The van der Waals surface area contributed by atoms with Gasteiger partial charge in [0, 0.05) is 12.6 Å². The van der Waals surface area contributed by atoms with Crippen LogP contribution in [-0.2, 0) is 15.8 Å². The first-order valence-electron chi connectivity index (χ1n) is 8.59. The standard InChI is InChI=1S/C20H21F3N2O3/c1-13(2)28-18-10-5-4-9-17(18)25(14(3)26)12-19(27)24-16-8-6-7-15(11-16)20(21,22)23/h4-11,13H,12H2,1-3H3,(H,24,27). The number of para-hydroxylation sites is 2. The summed E-state index contributed by atoms with van der Waals surface area (Å²) in [6, 6.07) is 11.1. The maximum Gasteiger partial charge on any atom is 0.416 e. The molecular formula is C20H21F3N2O3. The van der Waals surface area contributed by atoms with Crippen molar-refractivity contribution in [2.45, 2.75) is 33.1 Å². The Hall–Kier alpha value is -3.03. The second-order valence-corrected chi connectivity index (χ2v) is 6.37. The molecule has 0 fully saturated rings. The predicted molar refractivity (Wildman–Crippen MR) is 100 cm³/mol. The lowest BCUT2D eigenvalue weighted by Crippen LogP contribution is -2.37. The molecule has 2 aromatic rings. The van der Waals surface area contributed by atoms with Crippen molar-refractivity contribution in [1.82, 2.24) is 0 Å². The number of ether oxygens (including phenoxy) is 1. The molecule has 1 N–H and O–H groups in total. The van der Waals surface area contributed by atoms with Gasteiger partial charge >= 0.3 is 6.18 Å². The summed E-state index contributed by atoms with van der Waals surface area (Å²) in [5.41, 5.74) is -0.470. The Morgan fingerprint density at radius 2 is 1.79 bits per heavy atom. The Balaban J connectivity index is 2.20. The minimum Gasteiger partial charge on any atom is -0.489 e. The van der Waals surface area contributed by atoms with Crippen molar-refractivity contribution in [1.29, 1.82) is 0 Å². The zero-order chi connectivity index (χ0) is 20.9. The van der Waals surface area contributed by atoms with Crippen LogP contribution in [0, 0.1) is 0 Å². The first-order valence-corrected chi connectivity index (χ1v) is 8.59. The van der Waals surface area contributed by atoms with Crippen molar-refractivity contribution in [2.24, 2.45) is 0 Å². The molecule has 0 spiro atoms. The van der Waals surface area contributed by atoms with E-state index < -0.39 is 23.6 Å². The van der Waals surface area contributed by atoms with Crippen LogP contribution in [0.25, 0.3) is 0 Å². The Labute approximate surface area is 161 Å². The van der Waals surface area contributed by atoms with E-state index in [2.05, 4.69) is 5.32 Å². The van der Waals surface area contributed by atoms with Crippen LogP contribution in [0.2, 0.25) is 0 Å². The number of anilines is 2. The largest absolute Gasteiger partial charge is 0.489 e. The molecule has 2 aromatic carbocycles. The summed E-state index contributed by atoms with van der Waals surface area (Å²) in [4.78, 5) is 25.7. The van der Waals surface area contributed by atoms with Crippen LogP contribution in [0.3, 0.4) is 0 Å². The highest BCUT2D eigenvalue weighted by atomic mass is 19.4. The van der Waals surface area contributed by atoms with Gasteiger partial charge in [-0.25, -0.2) is 0 Å². The predicted octanol–water partition coefficient (Wildman–Crippen LogP) is 4.48. The number of nitrogens with zero attached hydrogens (tertiary/aromatic N) is 1. The fourth-order valence-corrected chi connectivity index (χ4v) is 2.52. The third-order valence-electron chi connectivity index (χ3n) is 3.67. The van der Waals surface area contributed by atoms with Crippen LogP contribution in [0.4, 0.5) is 24.5 Å². The van der Waals surface area contributed by atoms with E-state index in [0.717, 1.165) is 12.1 Å². The SMILES string of the molecule is CC(=O)N(CC(=O)Nc1cccc(C(F)(F)F)c1)c1ccccc1OC(C)C. The monoisotopic (exact) mass is 394 g/mol. The van der Waals surface area contributed by atoms with Crippen LogP contribution in [0.5, 0.6) is 5.75 Å². The third-order valence-corrected chi connectivity index (χ3v) is 3.67. The topological polar surface area (TPSA) is 58.6 Å². The molecule has 0 saturated carbocycles. The molecule has 0 aromatic heterocycles. The van der Waals surface area contributed by atoms with Gasteiger partial charge in [0.15, 0.2) is 0 Å². The van der Waals surface area contributed by atoms with Gasteiger partial charge in [-0.15, -0.1) is 0 Å². The van der Waals surface area contributed by atoms with Crippen LogP contribution in [-0.4, -0.2) is 24.5 Å². The van der Waals surface area contributed by atoms with Crippen molar-refractivity contribution >= 4 is 23.2 Å². The van der Waals surface area contributed by atoms with E-state index in [1.54, 1.807) is 24.3 Å². The number of hydrogen-bond donors (Lipinski definition) is 1. The Kier molecular flexibility index (Phi) is 6.66. The van der Waals surface area contributed by atoms with Crippen molar-refractivity contribution in [2.75, 3.05) is 16.8 Å². The highest BCUT2D eigenvalue weighted by Gasteiger charge is 2.30. The smallest absolute Gasteiger partial charge is 0.416 e. The van der Waals surface area contributed by atoms with Crippen LogP contribution in [0.15, 0.2) is 48.5 Å². The fourth-order valence-electron chi connectivity index (χ4n) is 2.52. The lowest BCUT2D eigenvalue weighted by molar-refractivity contribution is -0.137. The fraction of sp³-hybridized carbons (Fsp3) is 0.300. The molecule has 0 bridgehead atoms. The number of amides is 2. The van der Waals surface area contributed by atoms with Gasteiger partial charge in [-0.2, -0.15) is 13.2 Å². The van der Waals surface area contributed by atoms with Crippen molar-refractivity contribution < 1.29 is 27.5 Å². The number of hydrogen-bond acceptors (Lipinski definition) is 3. The molecule has 150 valence electrons. The molecule has 0 aliphatic rings. The molecule has 0 aliphatic heterocycles. The van der Waals surface area contributed by atoms with E-state index in [1.807, 2.05) is 13.8 Å². The first-order chi connectivity index (χ1) is 13.1. The van der Waals surface area contributed by atoms with E-state index in [0.29, 0.717) is 11.4 Å². The van der Waals surface area contributed by atoms with Crippen molar-refractivity contribution in [3.05, 3.63) is 54.1 Å². The minimum atomic E-state index is -4.51. The summed E-state index contributed by atoms with van der Waals surface area (Å²) >= 11 is 0. The molecular weight excluding hydrogens is 373 g/mol. The van der Waals surface area contributed by atoms with E-state index in [9.17, 15) is 22.8 Å². The maximum atomic E-state index is 12.8. The number of halogens is 3. The molecule has 0 atom stereocenters. The average molecular weight is 394 g/mol. The summed E-state index contributed by atoms with van der Waals surface area (Å²) in [6.45, 7) is 4.58. The second kappa shape index (κ2) is 8.77. The number of carbonyl (C=O) groups is 2. The maximum absolute atomic E-state index is 12.8. The summed E-state index contributed by atoms with van der Waals surface area (Å²) in [5, 5.41) is 2.40. The molecule has 0 aliphatic carbocycles. The van der Waals surface area contributed by atoms with Gasteiger partial charge in [-0.1, -0.05) is 18.2 Å². The molecule has 0 radical (unpaired) electrons. The normalized spacial score (nSPS) is 11.2. The Morgan fingerprint density at radius 3 is 2.39 bits per heavy atom. The number of carbonyl (C=O) groups excluding carboxylic acids is 2. The number of alkyl halides is 3. The van der Waals surface area contributed by atoms with Gasteiger partial charge in [0.2, 0.25) is 11.8 Å². The Bertz CT molecular complexity index is 851. The van der Waals surface area contributed by atoms with Gasteiger partial charge in [-0.3, -0.25) is 14.5 Å². The molecule has 2 rings (SSSR count). The van der Waals surface area contributed by atoms with E-state index in [1.165, 1.54) is 24.0 Å². The summed E-state index contributed by atoms with van der Waals surface area (Å²) < 4.78 is 44.1. The summed E-state index contributed by atoms with van der Waals surface area (Å²) in [5.74, 6) is -0.604. The first kappa shape index (κ1) is 21.3. The summed E-state index contributed by atoms with van der Waals surface area (Å²) in [7, 11) is 0. The second-order valence-electron chi connectivity index (χ2n) is 6.37. The third kappa shape index (κ3) is 5.73. The van der Waals surface area contributed by atoms with Crippen molar-refractivity contribution in [3.63, 3.8) is 0 Å². The average Bonchev–Trinajstić information content (AvgIpc) is 2.59. The van der Waals surface area contributed by atoms with Gasteiger partial charge in [0.05, 0.1) is 17.4 Å². The zero-order valence-electron chi connectivity index (χ0n) is 15.7. The van der Waals surface area contributed by atoms with Crippen molar-refractivity contribution in [3.8, 4) is 5.75 Å². The van der Waals surface area contributed by atoms with Crippen LogP contribution < -0.4 is 15.0 Å². The molecule has 28 heavy (non-hydrogen) atoms. The lowest BCUT2D eigenvalue weighted by Gasteiger charge is -2.24. The Morgan fingerprint density at radius 1 is 1.11 bits per heavy atom. The number of rotatable bonds is 6. The molecule has 8 heteroatoms. The van der Waals surface area contributed by atoms with Crippen LogP contribution in [0.1, 0.15) is 26.3 Å². The van der Waals surface area contributed by atoms with Gasteiger partial charge < -0.3 is 10.1 Å². The molecule has 5 nitrogen and oxygen atoms in total.